The molecule has 84 valence electrons. The van der Waals surface area contributed by atoms with E-state index in [1.54, 1.807) is 6.20 Å². The number of hydrogen-bond acceptors (Lipinski definition) is 3. The van der Waals surface area contributed by atoms with Crippen LogP contribution in [0.3, 0.4) is 0 Å². The first kappa shape index (κ1) is 10.7. The largest absolute Gasteiger partial charge is 0.443 e. The number of aromatic nitrogens is 3. The van der Waals surface area contributed by atoms with Crippen molar-refractivity contribution in [3.8, 4) is 5.88 Å². The van der Waals surface area contributed by atoms with E-state index in [-0.39, 0.29) is 0 Å². The number of allylic oxidation sites excluding steroid dienone is 2. The van der Waals surface area contributed by atoms with Crippen molar-refractivity contribution in [3.63, 3.8) is 0 Å². The van der Waals surface area contributed by atoms with Gasteiger partial charge in [0.15, 0.2) is 0 Å². The van der Waals surface area contributed by atoms with Gasteiger partial charge in [-0.15, -0.1) is 0 Å². The van der Waals surface area contributed by atoms with Gasteiger partial charge in [0, 0.05) is 6.20 Å². The summed E-state index contributed by atoms with van der Waals surface area (Å²) < 4.78 is 5.70. The minimum absolute atomic E-state index is 0.617. The van der Waals surface area contributed by atoms with E-state index in [2.05, 4.69) is 22.1 Å². The molecule has 0 amide bonds. The number of H-pyrrole nitrogens is 1. The lowest BCUT2D eigenvalue weighted by Crippen LogP contribution is -1.94. The summed E-state index contributed by atoms with van der Waals surface area (Å²) in [4.78, 5) is 4.24. The standard InChI is InChI=1S/C12H15N3O/c1-4-5-8(2)16-12-11-9(3)14-15-10(11)6-7-13-12/h5-7H,4H2,1-3H3,(H,14,15). The lowest BCUT2D eigenvalue weighted by atomic mass is 10.2. The van der Waals surface area contributed by atoms with Crippen LogP contribution in [0, 0.1) is 6.92 Å². The molecule has 0 saturated carbocycles. The van der Waals surface area contributed by atoms with Crippen LogP contribution in [-0.4, -0.2) is 15.2 Å². The molecule has 0 bridgehead atoms. The minimum Gasteiger partial charge on any atom is -0.443 e. The summed E-state index contributed by atoms with van der Waals surface area (Å²) in [6, 6.07) is 1.89. The summed E-state index contributed by atoms with van der Waals surface area (Å²) in [5, 5.41) is 8.04. The quantitative estimate of drug-likeness (QED) is 0.804. The highest BCUT2D eigenvalue weighted by Gasteiger charge is 2.09. The van der Waals surface area contributed by atoms with E-state index in [1.165, 1.54) is 0 Å². The number of nitrogens with zero attached hydrogens (tertiary/aromatic N) is 2. The predicted octanol–water partition coefficient (Wildman–Crippen LogP) is 2.96. The summed E-state index contributed by atoms with van der Waals surface area (Å²) >= 11 is 0. The van der Waals surface area contributed by atoms with Gasteiger partial charge in [-0.3, -0.25) is 5.10 Å². The second kappa shape index (κ2) is 4.35. The zero-order chi connectivity index (χ0) is 11.5. The van der Waals surface area contributed by atoms with E-state index >= 15 is 0 Å². The highest BCUT2D eigenvalue weighted by Crippen LogP contribution is 2.25. The third-order valence-electron chi connectivity index (χ3n) is 2.37. The Morgan fingerprint density at radius 3 is 3.12 bits per heavy atom. The van der Waals surface area contributed by atoms with E-state index in [9.17, 15) is 0 Å². The number of rotatable bonds is 3. The van der Waals surface area contributed by atoms with Gasteiger partial charge in [0.2, 0.25) is 5.88 Å². The Hall–Kier alpha value is -1.84. The lowest BCUT2D eigenvalue weighted by molar-refractivity contribution is 0.414. The molecule has 0 radical (unpaired) electrons. The molecule has 2 heterocycles. The summed E-state index contributed by atoms with van der Waals surface area (Å²) in [5.74, 6) is 1.48. The molecular formula is C12H15N3O. The van der Waals surface area contributed by atoms with Crippen molar-refractivity contribution >= 4 is 10.9 Å². The molecule has 0 aliphatic carbocycles. The Kier molecular flexibility index (Phi) is 2.90. The molecule has 2 aromatic heterocycles. The van der Waals surface area contributed by atoms with Crippen molar-refractivity contribution in [3.05, 3.63) is 29.8 Å². The molecule has 2 rings (SSSR count). The first-order chi connectivity index (χ1) is 7.72. The van der Waals surface area contributed by atoms with Crippen molar-refractivity contribution in [2.24, 2.45) is 0 Å². The van der Waals surface area contributed by atoms with Crippen LogP contribution < -0.4 is 4.74 Å². The Morgan fingerprint density at radius 1 is 1.56 bits per heavy atom. The van der Waals surface area contributed by atoms with Crippen LogP contribution in [-0.2, 0) is 0 Å². The maximum atomic E-state index is 5.70. The summed E-state index contributed by atoms with van der Waals surface area (Å²) in [6.07, 6.45) is 4.69. The molecule has 0 atom stereocenters. The van der Waals surface area contributed by atoms with E-state index in [4.69, 9.17) is 4.74 Å². The second-order valence-electron chi connectivity index (χ2n) is 3.67. The average molecular weight is 217 g/mol. The van der Waals surface area contributed by atoms with Crippen LogP contribution in [0.25, 0.3) is 10.9 Å². The molecule has 2 aromatic rings. The fourth-order valence-electron chi connectivity index (χ4n) is 1.64. The first-order valence-corrected chi connectivity index (χ1v) is 5.36. The van der Waals surface area contributed by atoms with Crippen molar-refractivity contribution < 1.29 is 4.74 Å². The number of aromatic amines is 1. The SMILES string of the molecule is CCC=C(C)Oc1nccc2[nH]nc(C)c12. The molecule has 0 aliphatic rings. The third kappa shape index (κ3) is 1.91. The van der Waals surface area contributed by atoms with Crippen LogP contribution in [0.15, 0.2) is 24.1 Å². The van der Waals surface area contributed by atoms with Gasteiger partial charge in [-0.1, -0.05) is 6.92 Å². The molecule has 0 aliphatic heterocycles. The highest BCUT2D eigenvalue weighted by atomic mass is 16.5. The molecule has 0 saturated heterocycles. The van der Waals surface area contributed by atoms with Crippen LogP contribution in [0.1, 0.15) is 26.0 Å². The molecule has 0 spiro atoms. The van der Waals surface area contributed by atoms with Gasteiger partial charge < -0.3 is 4.74 Å². The topological polar surface area (TPSA) is 50.8 Å². The molecule has 16 heavy (non-hydrogen) atoms. The van der Waals surface area contributed by atoms with Crippen molar-refractivity contribution in [2.45, 2.75) is 27.2 Å². The lowest BCUT2D eigenvalue weighted by Gasteiger charge is -2.05. The number of hydrogen-bond donors (Lipinski definition) is 1. The van der Waals surface area contributed by atoms with Gasteiger partial charge in [-0.05, 0) is 32.4 Å². The molecule has 0 unspecified atom stereocenters. The molecule has 0 aromatic carbocycles. The molecule has 4 heteroatoms. The van der Waals surface area contributed by atoms with Gasteiger partial charge in [0.25, 0.3) is 0 Å². The van der Waals surface area contributed by atoms with Crippen molar-refractivity contribution in [2.75, 3.05) is 0 Å². The van der Waals surface area contributed by atoms with Gasteiger partial charge in [-0.2, -0.15) is 5.10 Å². The average Bonchev–Trinajstić information content (AvgIpc) is 2.62. The van der Waals surface area contributed by atoms with E-state index < -0.39 is 0 Å². The van der Waals surface area contributed by atoms with E-state index in [0.29, 0.717) is 5.88 Å². The molecule has 1 N–H and O–H groups in total. The number of nitrogens with one attached hydrogen (secondary N) is 1. The number of fused-ring (bicyclic) bond motifs is 1. The van der Waals surface area contributed by atoms with Crippen LogP contribution >= 0.6 is 0 Å². The first-order valence-electron chi connectivity index (χ1n) is 5.36. The highest BCUT2D eigenvalue weighted by molar-refractivity contribution is 5.85. The second-order valence-corrected chi connectivity index (χ2v) is 3.67. The maximum absolute atomic E-state index is 5.70. The molecular weight excluding hydrogens is 202 g/mol. The number of pyridine rings is 1. The van der Waals surface area contributed by atoms with Crippen molar-refractivity contribution in [1.82, 2.24) is 15.2 Å². The maximum Gasteiger partial charge on any atom is 0.230 e. The van der Waals surface area contributed by atoms with Gasteiger partial charge in [-0.25, -0.2) is 4.98 Å². The molecule has 4 nitrogen and oxygen atoms in total. The Balaban J connectivity index is 2.44. The number of aryl methyl sites for hydroxylation is 1. The zero-order valence-corrected chi connectivity index (χ0v) is 9.74. The van der Waals surface area contributed by atoms with E-state index in [0.717, 1.165) is 28.8 Å². The summed E-state index contributed by atoms with van der Waals surface area (Å²) in [7, 11) is 0. The zero-order valence-electron chi connectivity index (χ0n) is 9.74. The monoisotopic (exact) mass is 217 g/mol. The van der Waals surface area contributed by atoms with Crippen molar-refractivity contribution in [1.29, 1.82) is 0 Å². The van der Waals surface area contributed by atoms with Crippen LogP contribution in [0.5, 0.6) is 5.88 Å². The fraction of sp³-hybridized carbons (Fsp3) is 0.333. The number of ether oxygens (including phenoxy) is 1. The Labute approximate surface area is 94.3 Å². The Bertz CT molecular complexity index is 528. The van der Waals surface area contributed by atoms with E-state index in [1.807, 2.05) is 26.0 Å². The van der Waals surface area contributed by atoms with Gasteiger partial charge in [0.1, 0.15) is 0 Å². The fourth-order valence-corrected chi connectivity index (χ4v) is 1.64. The summed E-state index contributed by atoms with van der Waals surface area (Å²) in [6.45, 7) is 5.94. The van der Waals surface area contributed by atoms with Crippen LogP contribution in [0.4, 0.5) is 0 Å². The minimum atomic E-state index is 0.617. The predicted molar refractivity (Wildman–Crippen MR) is 63.3 cm³/mol. The third-order valence-corrected chi connectivity index (χ3v) is 2.37. The summed E-state index contributed by atoms with van der Waals surface area (Å²) in [5.41, 5.74) is 1.86. The van der Waals surface area contributed by atoms with Gasteiger partial charge in [0.05, 0.1) is 22.4 Å². The Morgan fingerprint density at radius 2 is 2.38 bits per heavy atom. The smallest absolute Gasteiger partial charge is 0.230 e. The van der Waals surface area contributed by atoms with Crippen LogP contribution in [0.2, 0.25) is 0 Å². The van der Waals surface area contributed by atoms with Gasteiger partial charge >= 0.3 is 0 Å². The molecule has 0 fully saturated rings. The normalized spacial score (nSPS) is 12.1.